The highest BCUT2D eigenvalue weighted by Gasteiger charge is 2.68. The van der Waals surface area contributed by atoms with Crippen LogP contribution in [-0.2, 0) is 5.66 Å². The molecule has 0 saturated heterocycles. The Morgan fingerprint density at radius 1 is 1.13 bits per heavy atom. The molecule has 12 heteroatoms. The molecular formula is C11H7N7O5. The van der Waals surface area contributed by atoms with Gasteiger partial charge in [0.1, 0.15) is 9.85 Å². The third-order valence-electron chi connectivity index (χ3n) is 3.06. The van der Waals surface area contributed by atoms with Crippen molar-refractivity contribution >= 4 is 0 Å². The van der Waals surface area contributed by atoms with Crippen LogP contribution in [0.1, 0.15) is 11.6 Å². The summed E-state index contributed by atoms with van der Waals surface area (Å²) in [6.07, 6.45) is 0.859. The molecule has 23 heavy (non-hydrogen) atoms. The van der Waals surface area contributed by atoms with Crippen molar-refractivity contribution in [2.45, 2.75) is 5.66 Å². The molecule has 116 valence electrons. The van der Waals surface area contributed by atoms with Crippen LogP contribution in [0.15, 0.2) is 41.1 Å². The number of nitrogens with one attached hydrogen (secondary N) is 1. The van der Waals surface area contributed by atoms with Crippen LogP contribution in [0.2, 0.25) is 0 Å². The fourth-order valence-corrected chi connectivity index (χ4v) is 1.96. The van der Waals surface area contributed by atoms with Crippen molar-refractivity contribution in [1.82, 2.24) is 25.6 Å². The second-order valence-electron chi connectivity index (χ2n) is 4.33. The number of aromatic nitrogens is 5. The van der Waals surface area contributed by atoms with Crippen LogP contribution in [-0.4, -0.2) is 35.4 Å². The van der Waals surface area contributed by atoms with Crippen LogP contribution in [0.5, 0.6) is 0 Å². The number of benzene rings is 1. The largest absolute Gasteiger partial charge is 0.581 e. The first-order valence-electron chi connectivity index (χ1n) is 6.11. The molecule has 0 amide bonds. The van der Waals surface area contributed by atoms with Gasteiger partial charge < -0.3 is 4.52 Å². The predicted molar refractivity (Wildman–Crippen MR) is 70.9 cm³/mol. The van der Waals surface area contributed by atoms with Crippen molar-refractivity contribution in [2.24, 2.45) is 0 Å². The smallest absolute Gasteiger partial charge is 0.322 e. The number of hydrogen-bond donors (Lipinski definition) is 1. The van der Waals surface area contributed by atoms with E-state index in [1.807, 2.05) is 0 Å². The second kappa shape index (κ2) is 5.25. The van der Waals surface area contributed by atoms with Crippen molar-refractivity contribution in [3.63, 3.8) is 0 Å². The molecule has 0 bridgehead atoms. The molecule has 0 fully saturated rings. The minimum absolute atomic E-state index is 0.0165. The summed E-state index contributed by atoms with van der Waals surface area (Å²) in [6.45, 7) is 0. The third kappa shape index (κ3) is 2.08. The highest BCUT2D eigenvalue weighted by atomic mass is 16.7. The van der Waals surface area contributed by atoms with E-state index in [1.54, 1.807) is 30.3 Å². The van der Waals surface area contributed by atoms with Crippen LogP contribution in [0, 0.1) is 20.2 Å². The van der Waals surface area contributed by atoms with Crippen molar-refractivity contribution in [1.29, 1.82) is 0 Å². The molecule has 2 aromatic heterocycles. The van der Waals surface area contributed by atoms with Crippen LogP contribution in [0.25, 0.3) is 11.4 Å². The lowest BCUT2D eigenvalue weighted by atomic mass is 10.1. The molecular weight excluding hydrogens is 310 g/mol. The monoisotopic (exact) mass is 317 g/mol. The van der Waals surface area contributed by atoms with E-state index in [9.17, 15) is 20.2 Å². The molecule has 1 aromatic carbocycles. The first kappa shape index (κ1) is 14.2. The number of H-pyrrole nitrogens is 1. The third-order valence-corrected chi connectivity index (χ3v) is 3.06. The Kier molecular flexibility index (Phi) is 3.25. The van der Waals surface area contributed by atoms with Gasteiger partial charge in [0.25, 0.3) is 0 Å². The van der Waals surface area contributed by atoms with Gasteiger partial charge in [-0.05, 0) is 0 Å². The van der Waals surface area contributed by atoms with E-state index < -0.39 is 27.1 Å². The minimum atomic E-state index is -3.03. The SMILES string of the molecule is O=[N+]([O-])C(c1cn[nH]n1)(c1nc(-c2ccccc2)no1)[N+](=O)[O-]. The molecule has 0 aliphatic carbocycles. The first-order valence-corrected chi connectivity index (χ1v) is 6.11. The number of hydrogen-bond acceptors (Lipinski definition) is 9. The fourth-order valence-electron chi connectivity index (χ4n) is 1.96. The van der Waals surface area contributed by atoms with Crippen molar-refractivity contribution in [3.8, 4) is 11.4 Å². The van der Waals surface area contributed by atoms with Crippen molar-refractivity contribution in [2.75, 3.05) is 0 Å². The van der Waals surface area contributed by atoms with Gasteiger partial charge in [-0.25, -0.2) is 0 Å². The van der Waals surface area contributed by atoms with Gasteiger partial charge in [-0.1, -0.05) is 35.5 Å². The second-order valence-corrected chi connectivity index (χ2v) is 4.33. The number of nitro groups is 2. The summed E-state index contributed by atoms with van der Waals surface area (Å²) in [7, 11) is 0. The van der Waals surface area contributed by atoms with Crippen molar-refractivity contribution in [3.05, 3.63) is 68.3 Å². The highest BCUT2D eigenvalue weighted by molar-refractivity contribution is 5.53. The summed E-state index contributed by atoms with van der Waals surface area (Å²) in [4.78, 5) is 24.4. The summed E-state index contributed by atoms with van der Waals surface area (Å²) >= 11 is 0. The maximum Gasteiger partial charge on any atom is 0.581 e. The lowest BCUT2D eigenvalue weighted by Gasteiger charge is -2.09. The standard InChI is InChI=1S/C11H7N7O5/c19-17(20)11(18(21)22,8-6-12-16-14-8)10-13-9(15-23-10)7-4-2-1-3-5-7/h1-6H,(H,12,14,16). The van der Waals surface area contributed by atoms with Crippen molar-refractivity contribution < 1.29 is 14.4 Å². The van der Waals surface area contributed by atoms with Gasteiger partial charge in [0, 0.05) is 5.56 Å². The van der Waals surface area contributed by atoms with E-state index in [2.05, 4.69) is 25.6 Å². The summed E-state index contributed by atoms with van der Waals surface area (Å²) in [5.74, 6) is -0.836. The average molecular weight is 317 g/mol. The Morgan fingerprint density at radius 3 is 2.39 bits per heavy atom. The van der Waals surface area contributed by atoms with Crippen LogP contribution < -0.4 is 0 Å². The summed E-state index contributed by atoms with van der Waals surface area (Å²) < 4.78 is 4.80. The Balaban J connectivity index is 2.18. The Morgan fingerprint density at radius 2 is 1.83 bits per heavy atom. The molecule has 3 aromatic rings. The van der Waals surface area contributed by atoms with Crippen LogP contribution >= 0.6 is 0 Å². The van der Waals surface area contributed by atoms with E-state index in [-0.39, 0.29) is 5.82 Å². The molecule has 0 spiro atoms. The normalized spacial score (nSPS) is 11.3. The molecule has 0 unspecified atom stereocenters. The molecule has 0 aliphatic rings. The van der Waals surface area contributed by atoms with Crippen LogP contribution in [0.3, 0.4) is 0 Å². The van der Waals surface area contributed by atoms with E-state index in [1.165, 1.54) is 0 Å². The first-order chi connectivity index (χ1) is 11.1. The molecule has 0 saturated carbocycles. The quantitative estimate of drug-likeness (QED) is 0.402. The van der Waals surface area contributed by atoms with E-state index in [4.69, 9.17) is 4.52 Å². The Hall–Kier alpha value is -3.70. The maximum atomic E-state index is 11.5. The Labute approximate surface area is 126 Å². The fraction of sp³-hybridized carbons (Fsp3) is 0.0909. The minimum Gasteiger partial charge on any atom is -0.322 e. The number of nitrogens with zero attached hydrogens (tertiary/aromatic N) is 6. The molecule has 2 heterocycles. The molecule has 1 N–H and O–H groups in total. The van der Waals surface area contributed by atoms with Gasteiger partial charge in [-0.3, -0.25) is 20.2 Å². The number of rotatable bonds is 5. The Bertz CT molecular complexity index is 831. The molecule has 0 aliphatic heterocycles. The summed E-state index contributed by atoms with van der Waals surface area (Å²) in [6, 6.07) is 8.39. The van der Waals surface area contributed by atoms with E-state index in [0.717, 1.165) is 6.20 Å². The zero-order valence-corrected chi connectivity index (χ0v) is 11.2. The lowest BCUT2D eigenvalue weighted by Crippen LogP contribution is -2.45. The van der Waals surface area contributed by atoms with E-state index >= 15 is 0 Å². The highest BCUT2D eigenvalue weighted by Crippen LogP contribution is 2.32. The number of aromatic amines is 1. The zero-order chi connectivity index (χ0) is 16.4. The average Bonchev–Trinajstić information content (AvgIpc) is 3.20. The topological polar surface area (TPSA) is 167 Å². The van der Waals surface area contributed by atoms with Gasteiger partial charge in [0.2, 0.25) is 11.5 Å². The summed E-state index contributed by atoms with van der Waals surface area (Å²) in [5, 5.41) is 35.4. The molecule has 12 nitrogen and oxygen atoms in total. The zero-order valence-electron chi connectivity index (χ0n) is 11.2. The van der Waals surface area contributed by atoms with Gasteiger partial charge in [-0.15, -0.1) is 5.10 Å². The van der Waals surface area contributed by atoms with Gasteiger partial charge >= 0.3 is 11.6 Å². The van der Waals surface area contributed by atoms with Gasteiger partial charge in [0.15, 0.2) is 0 Å². The molecule has 3 rings (SSSR count). The molecule has 0 atom stereocenters. The van der Waals surface area contributed by atoms with Crippen LogP contribution in [0.4, 0.5) is 0 Å². The predicted octanol–water partition coefficient (Wildman–Crippen LogP) is 0.609. The summed E-state index contributed by atoms with van der Waals surface area (Å²) in [5.41, 5.74) is -3.12. The van der Waals surface area contributed by atoms with E-state index in [0.29, 0.717) is 5.56 Å². The molecule has 0 radical (unpaired) electrons. The lowest BCUT2D eigenvalue weighted by molar-refractivity contribution is -0.800. The van der Waals surface area contributed by atoms with Gasteiger partial charge in [-0.2, -0.15) is 15.3 Å². The van der Waals surface area contributed by atoms with Gasteiger partial charge in [0.05, 0.1) is 6.20 Å². The maximum absolute atomic E-state index is 11.5.